The number of methoxy groups -OCH3 is 1. The first-order chi connectivity index (χ1) is 7.26. The Balaban J connectivity index is 2.68. The smallest absolute Gasteiger partial charge is 0.133 e. The molecule has 1 nitrogen and oxygen atoms in total. The highest BCUT2D eigenvalue weighted by molar-refractivity contribution is 9.10. The first-order valence-corrected chi connectivity index (χ1v) is 5.80. The van der Waals surface area contributed by atoms with Crippen LogP contribution in [0.25, 0.3) is 10.8 Å². The molecule has 0 saturated heterocycles. The molecule has 2 rings (SSSR count). The summed E-state index contributed by atoms with van der Waals surface area (Å²) in [5.41, 5.74) is 1.36. The monoisotopic (exact) mass is 264 g/mol. The second-order valence-electron chi connectivity index (χ2n) is 3.49. The maximum atomic E-state index is 5.26. The molecular formula is C13H13BrO. The highest BCUT2D eigenvalue weighted by Crippen LogP contribution is 2.33. The van der Waals surface area contributed by atoms with Gasteiger partial charge in [-0.2, -0.15) is 0 Å². The minimum absolute atomic E-state index is 0.881. The number of benzene rings is 2. The molecule has 0 bridgehead atoms. The van der Waals surface area contributed by atoms with Crippen molar-refractivity contribution < 1.29 is 4.74 Å². The van der Waals surface area contributed by atoms with Gasteiger partial charge in [-0.15, -0.1) is 0 Å². The Labute approximate surface area is 98.2 Å². The van der Waals surface area contributed by atoms with Gasteiger partial charge < -0.3 is 4.74 Å². The molecule has 0 aliphatic carbocycles. The Kier molecular flexibility index (Phi) is 2.96. The van der Waals surface area contributed by atoms with E-state index >= 15 is 0 Å². The zero-order chi connectivity index (χ0) is 10.8. The first-order valence-electron chi connectivity index (χ1n) is 5.01. The quantitative estimate of drug-likeness (QED) is 0.791. The fourth-order valence-electron chi connectivity index (χ4n) is 1.70. The Bertz CT molecular complexity index is 491. The summed E-state index contributed by atoms with van der Waals surface area (Å²) in [7, 11) is 1.69. The van der Waals surface area contributed by atoms with Gasteiger partial charge in [0.05, 0.1) is 11.6 Å². The Morgan fingerprint density at radius 1 is 1.20 bits per heavy atom. The first kappa shape index (κ1) is 10.5. The summed E-state index contributed by atoms with van der Waals surface area (Å²) >= 11 is 3.56. The number of halogens is 1. The lowest BCUT2D eigenvalue weighted by molar-refractivity contribution is 0.413. The number of hydrogen-bond acceptors (Lipinski definition) is 1. The van der Waals surface area contributed by atoms with E-state index in [0.29, 0.717) is 0 Å². The number of aryl methyl sites for hydroxylation is 1. The van der Waals surface area contributed by atoms with Crippen molar-refractivity contribution in [2.45, 2.75) is 13.3 Å². The van der Waals surface area contributed by atoms with Crippen LogP contribution in [0.4, 0.5) is 0 Å². The number of hydrogen-bond donors (Lipinski definition) is 0. The topological polar surface area (TPSA) is 9.23 Å². The number of rotatable bonds is 2. The summed E-state index contributed by atoms with van der Waals surface area (Å²) < 4.78 is 6.30. The van der Waals surface area contributed by atoms with E-state index in [9.17, 15) is 0 Å². The summed E-state index contributed by atoms with van der Waals surface area (Å²) in [5.74, 6) is 0.881. The molecule has 0 aliphatic heterocycles. The minimum Gasteiger partial charge on any atom is -0.496 e. The zero-order valence-electron chi connectivity index (χ0n) is 8.88. The second-order valence-corrected chi connectivity index (χ2v) is 4.28. The molecule has 2 heteroatoms. The molecule has 0 saturated carbocycles. The van der Waals surface area contributed by atoms with Crippen LogP contribution in [0.1, 0.15) is 12.5 Å². The van der Waals surface area contributed by atoms with E-state index in [1.807, 2.05) is 6.07 Å². The van der Waals surface area contributed by atoms with Crippen LogP contribution < -0.4 is 4.74 Å². The number of ether oxygens (including phenoxy) is 1. The van der Waals surface area contributed by atoms with Crippen LogP contribution in [0, 0.1) is 0 Å². The molecule has 0 aliphatic rings. The lowest BCUT2D eigenvalue weighted by Crippen LogP contribution is -1.86. The molecule has 0 spiro atoms. The van der Waals surface area contributed by atoms with Crippen molar-refractivity contribution in [2.24, 2.45) is 0 Å². The third-order valence-corrected chi connectivity index (χ3v) is 3.43. The molecule has 15 heavy (non-hydrogen) atoms. The van der Waals surface area contributed by atoms with Crippen molar-refractivity contribution in [1.29, 1.82) is 0 Å². The fraction of sp³-hybridized carbons (Fsp3) is 0.231. The van der Waals surface area contributed by atoms with E-state index in [1.165, 1.54) is 16.3 Å². The lowest BCUT2D eigenvalue weighted by atomic mass is 10.1. The van der Waals surface area contributed by atoms with Crippen LogP contribution in [0.5, 0.6) is 5.75 Å². The van der Waals surface area contributed by atoms with Crippen molar-refractivity contribution in [3.05, 3.63) is 40.4 Å². The van der Waals surface area contributed by atoms with Crippen molar-refractivity contribution >= 4 is 26.7 Å². The van der Waals surface area contributed by atoms with Gasteiger partial charge in [0, 0.05) is 0 Å². The van der Waals surface area contributed by atoms with Gasteiger partial charge in [0.25, 0.3) is 0 Å². The molecule has 2 aromatic rings. The molecule has 0 radical (unpaired) electrons. The SMILES string of the molecule is CCc1ccc2c(Br)c(OC)ccc2c1. The van der Waals surface area contributed by atoms with Gasteiger partial charge in [0.15, 0.2) is 0 Å². The van der Waals surface area contributed by atoms with Gasteiger partial charge >= 0.3 is 0 Å². The minimum atomic E-state index is 0.881. The van der Waals surface area contributed by atoms with Gasteiger partial charge in [-0.05, 0) is 44.8 Å². The molecule has 0 fully saturated rings. The molecule has 0 N–H and O–H groups in total. The average Bonchev–Trinajstić information content (AvgIpc) is 2.29. The van der Waals surface area contributed by atoms with Crippen molar-refractivity contribution in [2.75, 3.05) is 7.11 Å². The highest BCUT2D eigenvalue weighted by atomic mass is 79.9. The van der Waals surface area contributed by atoms with Crippen LogP contribution in [-0.4, -0.2) is 7.11 Å². The van der Waals surface area contributed by atoms with E-state index in [4.69, 9.17) is 4.74 Å². The van der Waals surface area contributed by atoms with Gasteiger partial charge in [-0.1, -0.05) is 31.2 Å². The zero-order valence-corrected chi connectivity index (χ0v) is 10.5. The van der Waals surface area contributed by atoms with Crippen LogP contribution >= 0.6 is 15.9 Å². The van der Waals surface area contributed by atoms with E-state index < -0.39 is 0 Å². The summed E-state index contributed by atoms with van der Waals surface area (Å²) in [5, 5.41) is 2.45. The van der Waals surface area contributed by atoms with Gasteiger partial charge in [-0.25, -0.2) is 0 Å². The van der Waals surface area contributed by atoms with E-state index in [0.717, 1.165) is 16.6 Å². The van der Waals surface area contributed by atoms with Crippen molar-refractivity contribution in [1.82, 2.24) is 0 Å². The largest absolute Gasteiger partial charge is 0.496 e. The molecule has 2 aromatic carbocycles. The maximum absolute atomic E-state index is 5.26. The Hall–Kier alpha value is -1.02. The third-order valence-electron chi connectivity index (χ3n) is 2.61. The van der Waals surface area contributed by atoms with Crippen LogP contribution in [0.2, 0.25) is 0 Å². The predicted octanol–water partition coefficient (Wildman–Crippen LogP) is 4.17. The van der Waals surface area contributed by atoms with Crippen molar-refractivity contribution in [3.8, 4) is 5.75 Å². The average molecular weight is 265 g/mol. The van der Waals surface area contributed by atoms with E-state index in [1.54, 1.807) is 7.11 Å². The molecule has 78 valence electrons. The van der Waals surface area contributed by atoms with E-state index in [2.05, 4.69) is 47.1 Å². The molecule has 0 atom stereocenters. The summed E-state index contributed by atoms with van der Waals surface area (Å²) in [6, 6.07) is 10.6. The summed E-state index contributed by atoms with van der Waals surface area (Å²) in [6.07, 6.45) is 1.07. The van der Waals surface area contributed by atoms with Crippen LogP contribution in [0.3, 0.4) is 0 Å². The van der Waals surface area contributed by atoms with Gasteiger partial charge in [-0.3, -0.25) is 0 Å². The number of fused-ring (bicyclic) bond motifs is 1. The van der Waals surface area contributed by atoms with E-state index in [-0.39, 0.29) is 0 Å². The maximum Gasteiger partial charge on any atom is 0.133 e. The molecule has 0 unspecified atom stereocenters. The van der Waals surface area contributed by atoms with Gasteiger partial charge in [0.1, 0.15) is 5.75 Å². The second kappa shape index (κ2) is 4.23. The molecule has 0 heterocycles. The standard InChI is InChI=1S/C13H13BrO/c1-3-9-4-6-11-10(8-9)5-7-12(15-2)13(11)14/h4-8H,3H2,1-2H3. The normalized spacial score (nSPS) is 10.6. The fourth-order valence-corrected chi connectivity index (χ4v) is 2.35. The van der Waals surface area contributed by atoms with Gasteiger partial charge in [0.2, 0.25) is 0 Å². The predicted molar refractivity (Wildman–Crippen MR) is 67.6 cm³/mol. The Morgan fingerprint density at radius 3 is 2.67 bits per heavy atom. The molecule has 0 amide bonds. The molecular weight excluding hydrogens is 252 g/mol. The summed E-state index contributed by atoms with van der Waals surface area (Å²) in [4.78, 5) is 0. The third kappa shape index (κ3) is 1.86. The summed E-state index contributed by atoms with van der Waals surface area (Å²) in [6.45, 7) is 2.17. The van der Waals surface area contributed by atoms with Crippen LogP contribution in [-0.2, 0) is 6.42 Å². The van der Waals surface area contributed by atoms with Crippen LogP contribution in [0.15, 0.2) is 34.8 Å². The highest BCUT2D eigenvalue weighted by Gasteiger charge is 2.05. The lowest BCUT2D eigenvalue weighted by Gasteiger charge is -2.07. The molecule has 0 aromatic heterocycles. The van der Waals surface area contributed by atoms with Crippen molar-refractivity contribution in [3.63, 3.8) is 0 Å². The Morgan fingerprint density at radius 2 is 2.00 bits per heavy atom.